The standard InChI is InChI=1S/C64H109N2O6P/c1-6-8-10-12-14-16-18-20-22-24-26-27-28-29-30-31-32-33-34-35-36-37-38-39-40-42-44-46-48-50-52-54-56-58-64(68)65-62(61-72-73(69,70)71-60-59-66(3,4)5)63(67)57-55-53-51-49-47-45-43-41-25-23-21-19-17-15-13-11-9-7-2/h8,10,14,16,20,22,25-27,29-30,32-33,35-36,38-39,41,47,49,55,57,62-63,67H,6-7,9,11-13,15,17-19,21,23-24,28,31,34,37,40,42-46,48,50-54,56,58-61H2,1-5H3,(H-,65,68,69,70)/b10-8-,16-14-,22-20-,27-26-,30-29-,33-32-,36-35-,39-38-,41-25+,49-47+,57-55+. The number of nitrogens with zero attached hydrogens (tertiary/aromatic N) is 1. The third kappa shape index (κ3) is 56.2. The summed E-state index contributed by atoms with van der Waals surface area (Å²) in [5.74, 6) is -0.226. The van der Waals surface area contributed by atoms with Crippen molar-refractivity contribution in [2.45, 2.75) is 225 Å². The van der Waals surface area contributed by atoms with Gasteiger partial charge in [0.2, 0.25) is 5.91 Å². The molecule has 1 amide bonds. The van der Waals surface area contributed by atoms with Gasteiger partial charge < -0.3 is 28.8 Å². The minimum absolute atomic E-state index is 0.0179. The summed E-state index contributed by atoms with van der Waals surface area (Å²) in [6, 6.07) is -0.925. The maximum absolute atomic E-state index is 13.0. The van der Waals surface area contributed by atoms with E-state index in [1.165, 1.54) is 83.5 Å². The fraction of sp³-hybridized carbons (Fsp3) is 0.641. The van der Waals surface area contributed by atoms with E-state index < -0.39 is 26.6 Å². The van der Waals surface area contributed by atoms with Crippen molar-refractivity contribution in [3.05, 3.63) is 134 Å². The number of allylic oxidation sites excluding steroid dienone is 21. The maximum atomic E-state index is 13.0. The van der Waals surface area contributed by atoms with Crippen LogP contribution in [0.5, 0.6) is 0 Å². The van der Waals surface area contributed by atoms with Crippen LogP contribution in [0.2, 0.25) is 0 Å². The molecule has 9 heteroatoms. The number of phosphoric acid groups is 1. The first-order valence-corrected chi connectivity index (χ1v) is 30.5. The summed E-state index contributed by atoms with van der Waals surface area (Å²) >= 11 is 0. The van der Waals surface area contributed by atoms with Crippen molar-refractivity contribution < 1.29 is 32.9 Å². The summed E-state index contributed by atoms with van der Waals surface area (Å²) in [6.07, 6.45) is 81.0. The van der Waals surface area contributed by atoms with Crippen LogP contribution >= 0.6 is 7.82 Å². The molecule has 0 bridgehead atoms. The minimum atomic E-state index is -4.62. The number of phosphoric ester groups is 1. The molecular weight excluding hydrogens is 924 g/mol. The van der Waals surface area contributed by atoms with E-state index in [2.05, 4.69) is 141 Å². The van der Waals surface area contributed by atoms with Gasteiger partial charge in [-0.05, 0) is 109 Å². The number of unbranched alkanes of at least 4 members (excludes halogenated alkanes) is 18. The van der Waals surface area contributed by atoms with Gasteiger partial charge in [-0.3, -0.25) is 9.36 Å². The quantitative estimate of drug-likeness (QED) is 0.0272. The van der Waals surface area contributed by atoms with Crippen molar-refractivity contribution >= 4 is 13.7 Å². The fourth-order valence-electron chi connectivity index (χ4n) is 7.55. The Balaban J connectivity index is 4.29. The molecule has 0 aromatic rings. The van der Waals surface area contributed by atoms with E-state index in [1.54, 1.807) is 6.08 Å². The van der Waals surface area contributed by atoms with Crippen LogP contribution in [0.1, 0.15) is 213 Å². The summed E-state index contributed by atoms with van der Waals surface area (Å²) in [5.41, 5.74) is 0. The van der Waals surface area contributed by atoms with Crippen LogP contribution in [0.25, 0.3) is 0 Å². The van der Waals surface area contributed by atoms with Crippen molar-refractivity contribution in [2.75, 3.05) is 40.9 Å². The van der Waals surface area contributed by atoms with Gasteiger partial charge in [-0.2, -0.15) is 0 Å². The summed E-state index contributed by atoms with van der Waals surface area (Å²) in [4.78, 5) is 25.5. The molecule has 0 saturated heterocycles. The number of quaternary nitrogens is 1. The zero-order valence-corrected chi connectivity index (χ0v) is 48.2. The molecular formula is C64H109N2O6P. The monoisotopic (exact) mass is 1030 g/mol. The molecule has 8 nitrogen and oxygen atoms in total. The molecule has 0 aromatic carbocycles. The Morgan fingerprint density at radius 1 is 0.493 bits per heavy atom. The van der Waals surface area contributed by atoms with Gasteiger partial charge in [-0.25, -0.2) is 0 Å². The lowest BCUT2D eigenvalue weighted by molar-refractivity contribution is -0.870. The lowest BCUT2D eigenvalue weighted by Gasteiger charge is -2.29. The Hall–Kier alpha value is -3.36. The van der Waals surface area contributed by atoms with Crippen LogP contribution in [0, 0.1) is 0 Å². The van der Waals surface area contributed by atoms with Gasteiger partial charge in [0.25, 0.3) is 7.82 Å². The molecule has 0 aromatic heterocycles. The number of hydrogen-bond donors (Lipinski definition) is 2. The molecule has 0 radical (unpaired) electrons. The highest BCUT2D eigenvalue weighted by atomic mass is 31.2. The second-order valence-corrected chi connectivity index (χ2v) is 21.7. The smallest absolute Gasteiger partial charge is 0.268 e. The maximum Gasteiger partial charge on any atom is 0.268 e. The van der Waals surface area contributed by atoms with Crippen molar-refractivity contribution in [2.24, 2.45) is 0 Å². The molecule has 0 spiro atoms. The minimum Gasteiger partial charge on any atom is -0.756 e. The first kappa shape index (κ1) is 69.6. The lowest BCUT2D eigenvalue weighted by atomic mass is 10.1. The van der Waals surface area contributed by atoms with E-state index in [-0.39, 0.29) is 12.5 Å². The van der Waals surface area contributed by atoms with E-state index in [0.717, 1.165) is 109 Å². The predicted octanol–water partition coefficient (Wildman–Crippen LogP) is 17.3. The van der Waals surface area contributed by atoms with E-state index in [9.17, 15) is 19.4 Å². The second-order valence-electron chi connectivity index (χ2n) is 20.2. The van der Waals surface area contributed by atoms with Crippen molar-refractivity contribution in [1.82, 2.24) is 5.32 Å². The zero-order chi connectivity index (χ0) is 53.5. The third-order valence-electron chi connectivity index (χ3n) is 12.1. The van der Waals surface area contributed by atoms with Crippen LogP contribution in [0.15, 0.2) is 134 Å². The average molecular weight is 1030 g/mol. The van der Waals surface area contributed by atoms with E-state index in [1.807, 2.05) is 27.2 Å². The molecule has 0 fully saturated rings. The fourth-order valence-corrected chi connectivity index (χ4v) is 8.28. The van der Waals surface area contributed by atoms with Crippen LogP contribution < -0.4 is 10.2 Å². The molecule has 0 saturated carbocycles. The Morgan fingerprint density at radius 3 is 1.27 bits per heavy atom. The van der Waals surface area contributed by atoms with E-state index in [4.69, 9.17) is 9.05 Å². The highest BCUT2D eigenvalue weighted by Gasteiger charge is 2.23. The van der Waals surface area contributed by atoms with Crippen LogP contribution in [-0.4, -0.2) is 68.5 Å². The van der Waals surface area contributed by atoms with E-state index in [0.29, 0.717) is 17.4 Å². The number of hydrogen-bond acceptors (Lipinski definition) is 6. The SMILES string of the molecule is CC/C=C\C/C=C\C/C=C\C/C=C\C/C=C\C/C=C\C/C=C\C/C=C\CCCCCCCCCCC(=O)NC(COP(=O)([O-])OCC[N+](C)(C)C)C(O)/C=C/CC/C=C/CC/C=C/CCCCCCCCCC. The number of aliphatic hydroxyl groups is 1. The summed E-state index contributed by atoms with van der Waals surface area (Å²) < 4.78 is 23.3. The number of likely N-dealkylation sites (N-methyl/N-ethyl adjacent to an activating group) is 1. The van der Waals surface area contributed by atoms with Gasteiger partial charge in [0.05, 0.1) is 39.9 Å². The zero-order valence-electron chi connectivity index (χ0n) is 47.3. The van der Waals surface area contributed by atoms with Gasteiger partial charge >= 0.3 is 0 Å². The van der Waals surface area contributed by atoms with Crippen LogP contribution in [-0.2, 0) is 18.4 Å². The molecule has 0 aliphatic carbocycles. The predicted molar refractivity (Wildman–Crippen MR) is 315 cm³/mol. The summed E-state index contributed by atoms with van der Waals surface area (Å²) in [6.45, 7) is 4.48. The molecule has 3 atom stereocenters. The molecule has 0 aliphatic heterocycles. The van der Waals surface area contributed by atoms with Gasteiger partial charge in [-0.1, -0.05) is 231 Å². The highest BCUT2D eigenvalue weighted by molar-refractivity contribution is 7.45. The van der Waals surface area contributed by atoms with Crippen molar-refractivity contribution in [3.63, 3.8) is 0 Å². The molecule has 416 valence electrons. The van der Waals surface area contributed by atoms with Crippen LogP contribution in [0.4, 0.5) is 0 Å². The second kappa shape index (κ2) is 53.5. The molecule has 2 N–H and O–H groups in total. The molecule has 73 heavy (non-hydrogen) atoms. The number of aliphatic hydroxyl groups excluding tert-OH is 1. The molecule has 0 heterocycles. The third-order valence-corrected chi connectivity index (χ3v) is 13.0. The molecule has 0 rings (SSSR count). The number of rotatable bonds is 51. The van der Waals surface area contributed by atoms with Crippen molar-refractivity contribution in [1.29, 1.82) is 0 Å². The number of nitrogens with one attached hydrogen (secondary N) is 1. The van der Waals surface area contributed by atoms with Gasteiger partial charge in [0.15, 0.2) is 0 Å². The average Bonchev–Trinajstić information content (AvgIpc) is 3.35. The lowest BCUT2D eigenvalue weighted by Crippen LogP contribution is -2.45. The first-order chi connectivity index (χ1) is 35.5. The molecule has 0 aliphatic rings. The molecule has 3 unspecified atom stereocenters. The van der Waals surface area contributed by atoms with Crippen LogP contribution in [0.3, 0.4) is 0 Å². The van der Waals surface area contributed by atoms with E-state index >= 15 is 0 Å². The van der Waals surface area contributed by atoms with Gasteiger partial charge in [0.1, 0.15) is 13.2 Å². The normalized spacial score (nSPS) is 14.9. The largest absolute Gasteiger partial charge is 0.756 e. The first-order valence-electron chi connectivity index (χ1n) is 29.0. The number of amides is 1. The summed E-state index contributed by atoms with van der Waals surface area (Å²) in [5, 5.41) is 13.8. The Bertz CT molecular complexity index is 1640. The summed E-state index contributed by atoms with van der Waals surface area (Å²) in [7, 11) is 1.21. The number of carbonyl (C=O) groups is 1. The van der Waals surface area contributed by atoms with Gasteiger partial charge in [0, 0.05) is 6.42 Å². The Morgan fingerprint density at radius 2 is 0.849 bits per heavy atom. The van der Waals surface area contributed by atoms with Gasteiger partial charge in [-0.15, -0.1) is 0 Å². The Kier molecular flexibility index (Phi) is 51.0. The Labute approximate surface area is 449 Å². The number of carbonyl (C=O) groups excluding carboxylic acids is 1. The highest BCUT2D eigenvalue weighted by Crippen LogP contribution is 2.38. The van der Waals surface area contributed by atoms with Crippen molar-refractivity contribution in [3.8, 4) is 0 Å². The topological polar surface area (TPSA) is 108 Å².